The van der Waals surface area contributed by atoms with E-state index in [0.717, 1.165) is 16.8 Å². The van der Waals surface area contributed by atoms with Gasteiger partial charge in [0.1, 0.15) is 6.61 Å². The number of hydrogen-bond acceptors (Lipinski definition) is 5. The van der Waals surface area contributed by atoms with Gasteiger partial charge in [0.25, 0.3) is 0 Å². The first-order chi connectivity index (χ1) is 17.8. The summed E-state index contributed by atoms with van der Waals surface area (Å²) in [5.41, 5.74) is 5.57. The highest BCUT2D eigenvalue weighted by Crippen LogP contribution is 2.37. The second-order valence-electron chi connectivity index (χ2n) is 7.94. The van der Waals surface area contributed by atoms with Gasteiger partial charge in [-0.2, -0.15) is 5.10 Å². The second kappa shape index (κ2) is 14.0. The number of halogens is 3. The van der Waals surface area contributed by atoms with Gasteiger partial charge in [0.2, 0.25) is 11.8 Å². The number of aryl methyl sites for hydroxylation is 1. The molecule has 0 radical (unpaired) electrons. The molecule has 2 N–H and O–H groups in total. The summed E-state index contributed by atoms with van der Waals surface area (Å²) >= 11 is 15.7. The quantitative estimate of drug-likeness (QED) is 0.183. The number of carbonyl (C=O) groups excluding carboxylic acids is 2. The molecule has 10 heteroatoms. The van der Waals surface area contributed by atoms with Crippen LogP contribution in [-0.4, -0.2) is 24.6 Å². The van der Waals surface area contributed by atoms with Gasteiger partial charge in [0.05, 0.1) is 17.3 Å². The maximum atomic E-state index is 12.1. The first-order valence-corrected chi connectivity index (χ1v) is 13.0. The predicted molar refractivity (Wildman–Crippen MR) is 151 cm³/mol. The molecule has 0 aliphatic carbocycles. The summed E-state index contributed by atoms with van der Waals surface area (Å²) in [5.74, 6) is 0.394. The van der Waals surface area contributed by atoms with Crippen LogP contribution in [0.1, 0.15) is 36.5 Å². The lowest BCUT2D eigenvalue weighted by Crippen LogP contribution is -2.20. The number of nitrogens with one attached hydrogen (secondary N) is 2. The van der Waals surface area contributed by atoms with Crippen molar-refractivity contribution in [1.82, 2.24) is 5.43 Å². The minimum atomic E-state index is -0.375. The van der Waals surface area contributed by atoms with Gasteiger partial charge < -0.3 is 14.8 Å². The summed E-state index contributed by atoms with van der Waals surface area (Å²) in [5, 5.41) is 7.86. The molecule has 0 spiro atoms. The van der Waals surface area contributed by atoms with Crippen LogP contribution in [0.25, 0.3) is 0 Å². The van der Waals surface area contributed by atoms with Crippen LogP contribution in [0, 0.1) is 6.92 Å². The van der Waals surface area contributed by atoms with Crippen LogP contribution in [-0.2, 0) is 16.2 Å². The molecule has 0 heterocycles. The second-order valence-corrected chi connectivity index (χ2v) is 9.64. The van der Waals surface area contributed by atoms with E-state index in [1.807, 2.05) is 38.1 Å². The Morgan fingerprint density at radius 3 is 2.51 bits per heavy atom. The summed E-state index contributed by atoms with van der Waals surface area (Å²) in [6, 6.07) is 16.2. The van der Waals surface area contributed by atoms with E-state index < -0.39 is 0 Å². The molecule has 0 aliphatic heterocycles. The molecular formula is C27H26BrCl2N3O4. The number of carbonyl (C=O) groups is 2. The molecule has 0 aliphatic rings. The minimum Gasteiger partial charge on any atom is -0.490 e. The van der Waals surface area contributed by atoms with Gasteiger partial charge in [-0.1, -0.05) is 47.5 Å². The lowest BCUT2D eigenvalue weighted by molar-refractivity contribution is -0.124. The van der Waals surface area contributed by atoms with Gasteiger partial charge in [-0.15, -0.1) is 0 Å². The Bertz CT molecular complexity index is 1300. The van der Waals surface area contributed by atoms with Gasteiger partial charge in [0, 0.05) is 34.1 Å². The van der Waals surface area contributed by atoms with Gasteiger partial charge in [-0.05, 0) is 71.2 Å². The Balaban J connectivity index is 1.57. The molecule has 0 saturated heterocycles. The number of rotatable bonds is 11. The van der Waals surface area contributed by atoms with E-state index in [1.54, 1.807) is 30.3 Å². The lowest BCUT2D eigenvalue weighted by atomic mass is 10.2. The highest BCUT2D eigenvalue weighted by atomic mass is 79.9. The number of benzene rings is 3. The molecule has 0 aromatic heterocycles. The van der Waals surface area contributed by atoms with Crippen LogP contribution in [0.4, 0.5) is 5.69 Å². The smallest absolute Gasteiger partial charge is 0.240 e. The van der Waals surface area contributed by atoms with Crippen molar-refractivity contribution < 1.29 is 19.1 Å². The van der Waals surface area contributed by atoms with Gasteiger partial charge >= 0.3 is 0 Å². The molecule has 3 rings (SSSR count). The normalized spacial score (nSPS) is 10.8. The molecule has 2 amide bonds. The fourth-order valence-corrected chi connectivity index (χ4v) is 4.28. The Kier molecular flexibility index (Phi) is 10.8. The van der Waals surface area contributed by atoms with Crippen molar-refractivity contribution in [2.24, 2.45) is 5.10 Å². The van der Waals surface area contributed by atoms with Gasteiger partial charge in [-0.3, -0.25) is 9.59 Å². The van der Waals surface area contributed by atoms with E-state index in [2.05, 4.69) is 31.8 Å². The first-order valence-electron chi connectivity index (χ1n) is 11.5. The molecule has 0 atom stereocenters. The van der Waals surface area contributed by atoms with E-state index in [4.69, 9.17) is 32.7 Å². The zero-order chi connectivity index (χ0) is 26.8. The van der Waals surface area contributed by atoms with Crippen LogP contribution < -0.4 is 20.2 Å². The van der Waals surface area contributed by atoms with Crippen LogP contribution >= 0.6 is 39.1 Å². The van der Waals surface area contributed by atoms with E-state index in [-0.39, 0.29) is 31.3 Å². The molecule has 7 nitrogen and oxygen atoms in total. The molecule has 0 fully saturated rings. The summed E-state index contributed by atoms with van der Waals surface area (Å²) < 4.78 is 12.4. The Morgan fingerprint density at radius 1 is 1.03 bits per heavy atom. The maximum Gasteiger partial charge on any atom is 0.240 e. The average molecular weight is 607 g/mol. The lowest BCUT2D eigenvalue weighted by Gasteiger charge is -2.15. The Labute approximate surface area is 234 Å². The molecule has 0 bridgehead atoms. The van der Waals surface area contributed by atoms with Gasteiger partial charge in [-0.25, -0.2) is 5.43 Å². The highest BCUT2D eigenvalue weighted by Gasteiger charge is 2.14. The van der Waals surface area contributed by atoms with E-state index >= 15 is 0 Å². The van der Waals surface area contributed by atoms with Crippen molar-refractivity contribution >= 4 is 62.8 Å². The van der Waals surface area contributed by atoms with Crippen molar-refractivity contribution in [2.75, 3.05) is 11.9 Å². The third-order valence-electron chi connectivity index (χ3n) is 5.12. The Morgan fingerprint density at radius 2 is 1.78 bits per heavy atom. The Hall–Kier alpha value is -3.07. The predicted octanol–water partition coefficient (Wildman–Crippen LogP) is 6.91. The van der Waals surface area contributed by atoms with Crippen LogP contribution in [0.15, 0.2) is 64.2 Å². The minimum absolute atomic E-state index is 0.00296. The van der Waals surface area contributed by atoms with Crippen molar-refractivity contribution in [3.8, 4) is 11.5 Å². The summed E-state index contributed by atoms with van der Waals surface area (Å²) in [6.07, 6.45) is 1.53. The fourth-order valence-electron chi connectivity index (χ4n) is 3.24. The largest absolute Gasteiger partial charge is 0.490 e. The summed E-state index contributed by atoms with van der Waals surface area (Å²) in [4.78, 5) is 24.3. The zero-order valence-electron chi connectivity index (χ0n) is 20.3. The average Bonchev–Trinajstić information content (AvgIpc) is 2.85. The first kappa shape index (κ1) is 28.5. The number of para-hydroxylation sites is 1. The molecule has 37 heavy (non-hydrogen) atoms. The topological polar surface area (TPSA) is 89.0 Å². The van der Waals surface area contributed by atoms with Crippen LogP contribution in [0.2, 0.25) is 10.0 Å². The van der Waals surface area contributed by atoms with E-state index in [0.29, 0.717) is 38.2 Å². The molecule has 194 valence electrons. The summed E-state index contributed by atoms with van der Waals surface area (Å²) in [7, 11) is 0. The monoisotopic (exact) mass is 605 g/mol. The van der Waals surface area contributed by atoms with Crippen molar-refractivity contribution in [3.63, 3.8) is 0 Å². The third-order valence-corrected chi connectivity index (χ3v) is 6.30. The molecular weight excluding hydrogens is 581 g/mol. The molecule has 0 unspecified atom stereocenters. The maximum absolute atomic E-state index is 12.1. The van der Waals surface area contributed by atoms with Crippen molar-refractivity contribution in [2.45, 2.75) is 33.3 Å². The number of amides is 2. The molecule has 0 saturated carbocycles. The molecule has 3 aromatic rings. The number of nitrogens with zero attached hydrogens (tertiary/aromatic N) is 1. The van der Waals surface area contributed by atoms with E-state index in [9.17, 15) is 9.59 Å². The van der Waals surface area contributed by atoms with Crippen molar-refractivity contribution in [3.05, 3.63) is 85.8 Å². The number of hydrazone groups is 1. The third kappa shape index (κ3) is 8.77. The standard InChI is InChI=1S/C27H26BrCl2N3O4/c1-3-36-24-13-18(12-21(28)27(24)37-16-19-8-9-20(29)14-22(19)30)15-31-33-26(35)11-10-25(34)32-23-7-5-4-6-17(23)2/h4-9,12-15H,3,10-11,16H2,1-2H3,(H,32,34)(H,33,35). The number of anilines is 1. The van der Waals surface area contributed by atoms with Gasteiger partial charge in [0.15, 0.2) is 11.5 Å². The number of ether oxygens (including phenoxy) is 2. The van der Waals surface area contributed by atoms with E-state index in [1.165, 1.54) is 6.21 Å². The fraction of sp³-hybridized carbons (Fsp3) is 0.222. The zero-order valence-corrected chi connectivity index (χ0v) is 23.4. The van der Waals surface area contributed by atoms with Crippen LogP contribution in [0.3, 0.4) is 0 Å². The van der Waals surface area contributed by atoms with Crippen molar-refractivity contribution in [1.29, 1.82) is 0 Å². The SMILES string of the molecule is CCOc1cc(C=NNC(=O)CCC(=O)Nc2ccccc2C)cc(Br)c1OCc1ccc(Cl)cc1Cl. The molecule has 3 aromatic carbocycles. The number of hydrogen-bond donors (Lipinski definition) is 2. The highest BCUT2D eigenvalue weighted by molar-refractivity contribution is 9.10. The summed E-state index contributed by atoms with van der Waals surface area (Å²) in [6.45, 7) is 4.41. The van der Waals surface area contributed by atoms with Crippen LogP contribution in [0.5, 0.6) is 11.5 Å².